The van der Waals surface area contributed by atoms with Crippen LogP contribution in [-0.2, 0) is 16.1 Å². The van der Waals surface area contributed by atoms with E-state index in [0.717, 1.165) is 48.9 Å². The van der Waals surface area contributed by atoms with Crippen molar-refractivity contribution in [1.82, 2.24) is 10.6 Å². The number of halogens is 1. The summed E-state index contributed by atoms with van der Waals surface area (Å²) in [7, 11) is 1.77. The monoisotopic (exact) mass is 488 g/mol. The minimum Gasteiger partial charge on any atom is -0.368 e. The first-order valence-electron chi connectivity index (χ1n) is 9.54. The first-order valence-corrected chi connectivity index (χ1v) is 9.54. The molecule has 1 aliphatic heterocycles. The van der Waals surface area contributed by atoms with Gasteiger partial charge >= 0.3 is 0 Å². The molecule has 1 aromatic carbocycles. The van der Waals surface area contributed by atoms with Gasteiger partial charge in [-0.25, -0.2) is 0 Å². The summed E-state index contributed by atoms with van der Waals surface area (Å²) in [5, 5.41) is 9.58. The number of ether oxygens (including phenoxy) is 1. The number of hydrogen-bond acceptors (Lipinski definition) is 3. The highest BCUT2D eigenvalue weighted by Crippen LogP contribution is 2.16. The fourth-order valence-electron chi connectivity index (χ4n) is 2.89. The molecule has 6 nitrogen and oxygen atoms in total. The summed E-state index contributed by atoms with van der Waals surface area (Å²) in [5.41, 5.74) is 1.88. The number of nitrogens with zero attached hydrogens (tertiary/aromatic N) is 1. The van der Waals surface area contributed by atoms with Crippen LogP contribution in [0.3, 0.4) is 0 Å². The molecule has 1 fully saturated rings. The first kappa shape index (κ1) is 23.7. The number of amides is 1. The van der Waals surface area contributed by atoms with E-state index in [1.807, 2.05) is 24.3 Å². The van der Waals surface area contributed by atoms with Crippen LogP contribution in [0.4, 0.5) is 5.69 Å². The second-order valence-corrected chi connectivity index (χ2v) is 7.08. The van der Waals surface area contributed by atoms with E-state index in [2.05, 4.69) is 34.8 Å². The van der Waals surface area contributed by atoms with Gasteiger partial charge in [0.1, 0.15) is 6.10 Å². The summed E-state index contributed by atoms with van der Waals surface area (Å²) in [6.45, 7) is 6.70. The molecule has 0 aliphatic carbocycles. The fraction of sp³-hybridized carbons (Fsp3) is 0.600. The topological polar surface area (TPSA) is 74.8 Å². The lowest BCUT2D eigenvalue weighted by atomic mass is 10.1. The van der Waals surface area contributed by atoms with Crippen molar-refractivity contribution < 1.29 is 9.53 Å². The number of hydrogen-bond donors (Lipinski definition) is 3. The molecule has 1 aromatic rings. The highest BCUT2D eigenvalue weighted by atomic mass is 127. The van der Waals surface area contributed by atoms with Crippen molar-refractivity contribution >= 4 is 41.5 Å². The largest absolute Gasteiger partial charge is 0.368 e. The van der Waals surface area contributed by atoms with Gasteiger partial charge in [0.05, 0.1) is 0 Å². The number of aliphatic imine (C=N–C) groups is 1. The Kier molecular flexibility index (Phi) is 11.3. The van der Waals surface area contributed by atoms with Crippen LogP contribution in [0.25, 0.3) is 0 Å². The molecule has 1 unspecified atom stereocenters. The normalized spacial score (nSPS) is 16.7. The van der Waals surface area contributed by atoms with Crippen LogP contribution in [0.1, 0.15) is 45.1 Å². The van der Waals surface area contributed by atoms with Gasteiger partial charge in [0.15, 0.2) is 5.96 Å². The van der Waals surface area contributed by atoms with Crippen LogP contribution in [-0.4, -0.2) is 38.2 Å². The zero-order valence-corrected chi connectivity index (χ0v) is 18.9. The summed E-state index contributed by atoms with van der Waals surface area (Å²) in [6.07, 6.45) is 3.77. The lowest BCUT2D eigenvalue weighted by molar-refractivity contribution is -0.124. The molecular formula is C20H33IN4O2. The van der Waals surface area contributed by atoms with Crippen LogP contribution in [0.15, 0.2) is 29.3 Å². The van der Waals surface area contributed by atoms with Gasteiger partial charge in [0.25, 0.3) is 5.91 Å². The molecule has 1 amide bonds. The molecule has 0 radical (unpaired) electrons. The maximum atomic E-state index is 12.2. The minimum atomic E-state index is -0.314. The number of carbonyl (C=O) groups is 1. The Balaban J connectivity index is 0.00000364. The standard InChI is InChI=1S/C20H32N4O2.HI/c1-15(2)7-5-11-22-20(21-3)23-14-16-8-4-9-17(13-16)24-19(25)18-10-6-12-26-18;/h4,8-9,13,15,18H,5-7,10-12,14H2,1-3H3,(H,24,25)(H2,21,22,23);1H. The third-order valence-electron chi connectivity index (χ3n) is 4.35. The lowest BCUT2D eigenvalue weighted by Gasteiger charge is -2.14. The quantitative estimate of drug-likeness (QED) is 0.227. The van der Waals surface area contributed by atoms with E-state index < -0.39 is 0 Å². The van der Waals surface area contributed by atoms with Crippen molar-refractivity contribution in [1.29, 1.82) is 0 Å². The summed E-state index contributed by atoms with van der Waals surface area (Å²) < 4.78 is 5.42. The van der Waals surface area contributed by atoms with E-state index >= 15 is 0 Å². The number of anilines is 1. The predicted molar refractivity (Wildman–Crippen MR) is 122 cm³/mol. The first-order chi connectivity index (χ1) is 12.6. The Labute approximate surface area is 179 Å². The molecular weight excluding hydrogens is 455 g/mol. The van der Waals surface area contributed by atoms with Crippen LogP contribution in [0.5, 0.6) is 0 Å². The van der Waals surface area contributed by atoms with Gasteiger partial charge in [0, 0.05) is 32.4 Å². The zero-order chi connectivity index (χ0) is 18.8. The fourth-order valence-corrected chi connectivity index (χ4v) is 2.89. The van der Waals surface area contributed by atoms with Crippen molar-refractivity contribution in [2.45, 2.75) is 52.2 Å². The van der Waals surface area contributed by atoms with Crippen LogP contribution in [0.2, 0.25) is 0 Å². The second-order valence-electron chi connectivity index (χ2n) is 7.08. The van der Waals surface area contributed by atoms with Crippen molar-refractivity contribution in [3.8, 4) is 0 Å². The van der Waals surface area contributed by atoms with Gasteiger partial charge in [-0.15, -0.1) is 24.0 Å². The van der Waals surface area contributed by atoms with Crippen molar-refractivity contribution in [2.24, 2.45) is 10.9 Å². The third-order valence-corrected chi connectivity index (χ3v) is 4.35. The van der Waals surface area contributed by atoms with Gasteiger partial charge < -0.3 is 20.7 Å². The van der Waals surface area contributed by atoms with Gasteiger partial charge in [0.2, 0.25) is 0 Å². The van der Waals surface area contributed by atoms with E-state index in [1.54, 1.807) is 7.05 Å². The molecule has 0 aromatic heterocycles. The van der Waals surface area contributed by atoms with E-state index in [9.17, 15) is 4.79 Å². The number of rotatable bonds is 8. The summed E-state index contributed by atoms with van der Waals surface area (Å²) in [5.74, 6) is 1.46. The van der Waals surface area contributed by atoms with Gasteiger partial charge in [-0.1, -0.05) is 26.0 Å². The van der Waals surface area contributed by atoms with Crippen LogP contribution in [0, 0.1) is 5.92 Å². The van der Waals surface area contributed by atoms with E-state index in [-0.39, 0.29) is 36.0 Å². The van der Waals surface area contributed by atoms with Gasteiger partial charge in [-0.3, -0.25) is 9.79 Å². The Morgan fingerprint density at radius 3 is 2.81 bits per heavy atom. The Morgan fingerprint density at radius 1 is 1.33 bits per heavy atom. The number of carbonyl (C=O) groups excluding carboxylic acids is 1. The SMILES string of the molecule is CN=C(NCCCC(C)C)NCc1cccc(NC(=O)C2CCCO2)c1.I. The number of guanidine groups is 1. The molecule has 27 heavy (non-hydrogen) atoms. The predicted octanol–water partition coefficient (Wildman–Crippen LogP) is 3.52. The van der Waals surface area contributed by atoms with Crippen LogP contribution >= 0.6 is 24.0 Å². The molecule has 1 aliphatic rings. The van der Waals surface area contributed by atoms with E-state index in [1.165, 1.54) is 6.42 Å². The molecule has 1 atom stereocenters. The van der Waals surface area contributed by atoms with Gasteiger partial charge in [-0.05, 0) is 49.3 Å². The average molecular weight is 488 g/mol. The van der Waals surface area contributed by atoms with Crippen LogP contribution < -0.4 is 16.0 Å². The maximum Gasteiger partial charge on any atom is 0.253 e. The molecule has 2 rings (SSSR count). The smallest absolute Gasteiger partial charge is 0.253 e. The average Bonchev–Trinajstić information content (AvgIpc) is 3.16. The molecule has 1 saturated heterocycles. The molecule has 3 N–H and O–H groups in total. The maximum absolute atomic E-state index is 12.2. The van der Waals surface area contributed by atoms with Crippen molar-refractivity contribution in [3.63, 3.8) is 0 Å². The third kappa shape index (κ3) is 8.92. The van der Waals surface area contributed by atoms with Crippen molar-refractivity contribution in [2.75, 3.05) is 25.5 Å². The Morgan fingerprint density at radius 2 is 2.15 bits per heavy atom. The molecule has 0 bridgehead atoms. The molecule has 0 saturated carbocycles. The minimum absolute atomic E-state index is 0. The van der Waals surface area contributed by atoms with E-state index in [0.29, 0.717) is 13.2 Å². The number of benzene rings is 1. The second kappa shape index (κ2) is 12.9. The van der Waals surface area contributed by atoms with Crippen molar-refractivity contribution in [3.05, 3.63) is 29.8 Å². The molecule has 7 heteroatoms. The highest BCUT2D eigenvalue weighted by Gasteiger charge is 2.23. The molecule has 0 spiro atoms. The number of nitrogens with one attached hydrogen (secondary N) is 3. The summed E-state index contributed by atoms with van der Waals surface area (Å²) in [6, 6.07) is 7.85. The zero-order valence-electron chi connectivity index (χ0n) is 16.6. The lowest BCUT2D eigenvalue weighted by Crippen LogP contribution is -2.37. The molecule has 152 valence electrons. The highest BCUT2D eigenvalue weighted by molar-refractivity contribution is 14.0. The Bertz CT molecular complexity index is 601. The van der Waals surface area contributed by atoms with E-state index in [4.69, 9.17) is 4.74 Å². The summed E-state index contributed by atoms with van der Waals surface area (Å²) >= 11 is 0. The Hall–Kier alpha value is -1.35. The molecule has 1 heterocycles. The summed E-state index contributed by atoms with van der Waals surface area (Å²) in [4.78, 5) is 16.4. The van der Waals surface area contributed by atoms with Gasteiger partial charge in [-0.2, -0.15) is 0 Å².